The van der Waals surface area contributed by atoms with Gasteiger partial charge in [0, 0.05) is 37.1 Å². The van der Waals surface area contributed by atoms with Crippen LogP contribution >= 0.6 is 23.7 Å². The van der Waals surface area contributed by atoms with E-state index in [4.69, 9.17) is 19.7 Å². The number of fused-ring (bicyclic) bond motifs is 3. The van der Waals surface area contributed by atoms with Gasteiger partial charge in [0.05, 0.1) is 17.0 Å². The molecule has 8 heteroatoms. The first-order chi connectivity index (χ1) is 15.7. The summed E-state index contributed by atoms with van der Waals surface area (Å²) in [4.78, 5) is 18.2. The molecule has 5 rings (SSSR count). The molecule has 0 amide bonds. The largest absolute Gasteiger partial charge is 0.464 e. The molecule has 0 radical (unpaired) electrons. The summed E-state index contributed by atoms with van der Waals surface area (Å²) in [7, 11) is 0. The topological polar surface area (TPSA) is 63.2 Å². The number of aromatic nitrogens is 3. The summed E-state index contributed by atoms with van der Waals surface area (Å²) >= 11 is 1.71. The Morgan fingerprint density at radius 3 is 2.52 bits per heavy atom. The van der Waals surface area contributed by atoms with E-state index in [1.54, 1.807) is 11.3 Å². The van der Waals surface area contributed by atoms with Crippen LogP contribution in [0.3, 0.4) is 0 Å². The van der Waals surface area contributed by atoms with E-state index in [2.05, 4.69) is 54.4 Å². The van der Waals surface area contributed by atoms with E-state index in [1.165, 1.54) is 11.1 Å². The lowest BCUT2D eigenvalue weighted by atomic mass is 10.0. The Balaban J connectivity index is 0.00000259. The molecule has 1 aliphatic rings. The molecular weight excluding hydrogens is 454 g/mol. The van der Waals surface area contributed by atoms with Gasteiger partial charge in [-0.25, -0.2) is 4.98 Å². The molecule has 0 unspecified atom stereocenters. The summed E-state index contributed by atoms with van der Waals surface area (Å²) in [6.07, 6.45) is 2.05. The molecule has 1 saturated heterocycles. The fraction of sp³-hybridized carbons (Fsp3) is 0.400. The molecule has 174 valence electrons. The van der Waals surface area contributed by atoms with Gasteiger partial charge in [-0.2, -0.15) is 9.97 Å². The summed E-state index contributed by atoms with van der Waals surface area (Å²) < 4.78 is 6.90. The van der Waals surface area contributed by atoms with E-state index in [0.717, 1.165) is 76.5 Å². The Morgan fingerprint density at radius 2 is 1.82 bits per heavy atom. The number of hydrogen-bond donors (Lipinski definition) is 1. The number of anilines is 1. The minimum atomic E-state index is 0. The number of ether oxygens (including phenoxy) is 1. The maximum Gasteiger partial charge on any atom is 0.319 e. The van der Waals surface area contributed by atoms with Crippen LogP contribution in [-0.4, -0.2) is 47.7 Å². The zero-order valence-corrected chi connectivity index (χ0v) is 21.0. The smallest absolute Gasteiger partial charge is 0.319 e. The molecule has 6 nitrogen and oxygen atoms in total. The summed E-state index contributed by atoms with van der Waals surface area (Å²) in [5.41, 5.74) is 5.70. The van der Waals surface area contributed by atoms with Crippen LogP contribution in [0.5, 0.6) is 6.01 Å². The van der Waals surface area contributed by atoms with Crippen molar-refractivity contribution >= 4 is 50.0 Å². The molecule has 33 heavy (non-hydrogen) atoms. The highest BCUT2D eigenvalue weighted by molar-refractivity contribution is 7.26. The lowest BCUT2D eigenvalue weighted by molar-refractivity contribution is 0.314. The molecule has 0 saturated carbocycles. The number of nitrogens with one attached hydrogen (secondary N) is 1. The number of halogens is 1. The molecule has 0 spiro atoms. The van der Waals surface area contributed by atoms with Gasteiger partial charge in [-0.1, -0.05) is 43.2 Å². The second-order valence-electron chi connectivity index (χ2n) is 8.24. The Labute approximate surface area is 204 Å². The van der Waals surface area contributed by atoms with Crippen LogP contribution in [0.25, 0.3) is 31.7 Å². The molecule has 4 heterocycles. The first-order valence-corrected chi connectivity index (χ1v) is 12.3. The van der Waals surface area contributed by atoms with Gasteiger partial charge >= 0.3 is 6.01 Å². The summed E-state index contributed by atoms with van der Waals surface area (Å²) in [6, 6.07) is 11.3. The Morgan fingerprint density at radius 1 is 1.06 bits per heavy atom. The molecule has 0 bridgehead atoms. The van der Waals surface area contributed by atoms with Gasteiger partial charge in [-0.15, -0.1) is 23.7 Å². The Hall–Kier alpha value is -2.48. The summed E-state index contributed by atoms with van der Waals surface area (Å²) in [5, 5.41) is 4.58. The van der Waals surface area contributed by atoms with Crippen molar-refractivity contribution in [3.05, 3.63) is 41.5 Å². The van der Waals surface area contributed by atoms with E-state index in [1.807, 2.05) is 6.92 Å². The minimum absolute atomic E-state index is 0. The van der Waals surface area contributed by atoms with Crippen LogP contribution in [0.1, 0.15) is 31.4 Å². The first kappa shape index (κ1) is 23.7. The van der Waals surface area contributed by atoms with Crippen molar-refractivity contribution in [2.45, 2.75) is 33.6 Å². The Bertz CT molecular complexity index is 1250. The van der Waals surface area contributed by atoms with Crippen molar-refractivity contribution in [2.24, 2.45) is 0 Å². The van der Waals surface area contributed by atoms with Gasteiger partial charge in [-0.05, 0) is 31.9 Å². The second kappa shape index (κ2) is 10.2. The zero-order chi connectivity index (χ0) is 22.1. The number of thiophene rings is 1. The van der Waals surface area contributed by atoms with Gasteiger partial charge in [0.1, 0.15) is 10.3 Å². The predicted molar refractivity (Wildman–Crippen MR) is 140 cm³/mol. The van der Waals surface area contributed by atoms with Crippen molar-refractivity contribution in [1.82, 2.24) is 20.3 Å². The van der Waals surface area contributed by atoms with Gasteiger partial charge in [0.25, 0.3) is 0 Å². The van der Waals surface area contributed by atoms with Crippen LogP contribution in [-0.2, 0) is 6.42 Å². The molecule has 4 aromatic rings. The monoisotopic (exact) mass is 483 g/mol. The molecule has 1 N–H and O–H groups in total. The standard InChI is InChI=1S/C25H29N5OS.ClH/c1-4-6-18-15-19(17-9-7-16(3)8-10-17)27-24-20(18)21-22(32-24)23(29-25(28-21)31-5-2)30-13-11-26-12-14-30;/h7-10,15,26H,4-6,11-14H2,1-3H3;1H. The zero-order valence-electron chi connectivity index (χ0n) is 19.4. The fourth-order valence-electron chi connectivity index (χ4n) is 4.30. The third-order valence-electron chi connectivity index (χ3n) is 5.89. The summed E-state index contributed by atoms with van der Waals surface area (Å²) in [6.45, 7) is 10.6. The van der Waals surface area contributed by atoms with Gasteiger partial charge in [-0.3, -0.25) is 0 Å². The van der Waals surface area contributed by atoms with E-state index in [-0.39, 0.29) is 12.4 Å². The van der Waals surface area contributed by atoms with Gasteiger partial charge in [0.15, 0.2) is 5.82 Å². The average molecular weight is 484 g/mol. The van der Waals surface area contributed by atoms with Crippen LogP contribution in [0.15, 0.2) is 30.3 Å². The molecule has 1 aliphatic heterocycles. The molecule has 0 aliphatic carbocycles. The molecule has 1 aromatic carbocycles. The molecule has 1 fully saturated rings. The van der Waals surface area contributed by atoms with Crippen LogP contribution in [0.4, 0.5) is 5.82 Å². The predicted octanol–water partition coefficient (Wildman–Crippen LogP) is 5.40. The molecule has 0 atom stereocenters. The summed E-state index contributed by atoms with van der Waals surface area (Å²) in [5.74, 6) is 0.974. The van der Waals surface area contributed by atoms with E-state index in [0.29, 0.717) is 12.6 Å². The second-order valence-corrected chi connectivity index (χ2v) is 9.24. The van der Waals surface area contributed by atoms with Crippen molar-refractivity contribution < 1.29 is 4.74 Å². The SMILES string of the molecule is CCCc1cc(-c2ccc(C)cc2)nc2sc3c(N4CCNCC4)nc(OCC)nc3c12.Cl. The van der Waals surface area contributed by atoms with Crippen LogP contribution in [0.2, 0.25) is 0 Å². The normalized spacial score (nSPS) is 14.0. The van der Waals surface area contributed by atoms with Crippen molar-refractivity contribution in [3.63, 3.8) is 0 Å². The highest BCUT2D eigenvalue weighted by Gasteiger charge is 2.23. The lowest BCUT2D eigenvalue weighted by Gasteiger charge is -2.28. The quantitative estimate of drug-likeness (QED) is 0.396. The van der Waals surface area contributed by atoms with E-state index < -0.39 is 0 Å². The number of nitrogens with zero attached hydrogens (tertiary/aromatic N) is 4. The highest BCUT2D eigenvalue weighted by Crippen LogP contribution is 2.41. The maximum atomic E-state index is 5.79. The van der Waals surface area contributed by atoms with E-state index in [9.17, 15) is 0 Å². The fourth-order valence-corrected chi connectivity index (χ4v) is 5.48. The lowest BCUT2D eigenvalue weighted by Crippen LogP contribution is -2.44. The highest BCUT2D eigenvalue weighted by atomic mass is 35.5. The molecule has 3 aromatic heterocycles. The van der Waals surface area contributed by atoms with Crippen molar-refractivity contribution in [1.29, 1.82) is 0 Å². The third-order valence-corrected chi connectivity index (χ3v) is 6.96. The van der Waals surface area contributed by atoms with Crippen molar-refractivity contribution in [3.8, 4) is 17.3 Å². The first-order valence-electron chi connectivity index (χ1n) is 11.5. The van der Waals surface area contributed by atoms with E-state index >= 15 is 0 Å². The third kappa shape index (κ3) is 4.63. The van der Waals surface area contributed by atoms with Gasteiger partial charge < -0.3 is 15.0 Å². The number of aryl methyl sites for hydroxylation is 2. The number of piperazine rings is 1. The van der Waals surface area contributed by atoms with Gasteiger partial charge in [0.2, 0.25) is 0 Å². The minimum Gasteiger partial charge on any atom is -0.464 e. The van der Waals surface area contributed by atoms with Crippen molar-refractivity contribution in [2.75, 3.05) is 37.7 Å². The number of benzene rings is 1. The maximum absolute atomic E-state index is 5.79. The Kier molecular flexibility index (Phi) is 7.32. The average Bonchev–Trinajstić information content (AvgIpc) is 3.19. The number of pyridine rings is 1. The molecular formula is C25H30ClN5OS. The number of hydrogen-bond acceptors (Lipinski definition) is 7. The van der Waals surface area contributed by atoms with Crippen LogP contribution < -0.4 is 15.0 Å². The van der Waals surface area contributed by atoms with Crippen LogP contribution in [0, 0.1) is 6.92 Å². The number of rotatable bonds is 6.